The number of nitrogens with zero attached hydrogens (tertiary/aromatic N) is 4. The maximum atomic E-state index is 13.9. The number of thioether (sulfide) groups is 1. The first-order chi connectivity index (χ1) is 16.7. The molecule has 1 aliphatic heterocycles. The van der Waals surface area contributed by atoms with Gasteiger partial charge in [-0.3, -0.25) is 0 Å². The Balaban J connectivity index is 1.27. The van der Waals surface area contributed by atoms with Crippen LogP contribution in [0.1, 0.15) is 61.3 Å². The molecule has 0 radical (unpaired) electrons. The van der Waals surface area contributed by atoms with Crippen LogP contribution in [0.25, 0.3) is 5.52 Å². The number of halogens is 3. The lowest BCUT2D eigenvalue weighted by Gasteiger charge is -2.35. The number of fused-ring (bicyclic) bond motifs is 3. The molecule has 2 atom stereocenters. The van der Waals surface area contributed by atoms with Crippen molar-refractivity contribution in [1.29, 1.82) is 0 Å². The van der Waals surface area contributed by atoms with E-state index < -0.39 is 18.3 Å². The molecule has 2 aliphatic rings. The van der Waals surface area contributed by atoms with Crippen LogP contribution in [-0.2, 0) is 5.60 Å². The lowest BCUT2D eigenvalue weighted by molar-refractivity contribution is -0.264. The molecule has 1 aromatic carbocycles. The number of anilines is 1. The maximum absolute atomic E-state index is 13.9. The Labute approximate surface area is 205 Å². The highest BCUT2D eigenvalue weighted by Crippen LogP contribution is 2.41. The Hall–Kier alpha value is -2.37. The van der Waals surface area contributed by atoms with Crippen LogP contribution in [0, 0.1) is 0 Å². The van der Waals surface area contributed by atoms with Gasteiger partial charge in [0.15, 0.2) is 5.60 Å². The van der Waals surface area contributed by atoms with Crippen molar-refractivity contribution >= 4 is 23.1 Å². The molecule has 2 aromatic heterocycles. The molecule has 0 saturated heterocycles. The molecule has 1 saturated carbocycles. The summed E-state index contributed by atoms with van der Waals surface area (Å²) < 4.78 is 43.6. The number of benzene rings is 1. The predicted molar refractivity (Wildman–Crippen MR) is 129 cm³/mol. The van der Waals surface area contributed by atoms with Crippen molar-refractivity contribution in [2.45, 2.75) is 67.2 Å². The summed E-state index contributed by atoms with van der Waals surface area (Å²) in [5.74, 6) is 1.37. The van der Waals surface area contributed by atoms with E-state index in [0.29, 0.717) is 18.8 Å². The van der Waals surface area contributed by atoms with Crippen molar-refractivity contribution in [1.82, 2.24) is 25.1 Å². The smallest absolute Gasteiger partial charge is 0.375 e. The molecule has 11 heteroatoms. The largest absolute Gasteiger partial charge is 0.422 e. The number of aliphatic hydroxyl groups is 1. The van der Waals surface area contributed by atoms with Gasteiger partial charge in [-0.25, -0.2) is 9.50 Å². The van der Waals surface area contributed by atoms with Gasteiger partial charge in [0.2, 0.25) is 0 Å². The van der Waals surface area contributed by atoms with Crippen molar-refractivity contribution in [2.75, 3.05) is 24.7 Å². The van der Waals surface area contributed by atoms with E-state index >= 15 is 0 Å². The Morgan fingerprint density at radius 2 is 1.89 bits per heavy atom. The van der Waals surface area contributed by atoms with Crippen molar-refractivity contribution in [3.05, 3.63) is 47.4 Å². The summed E-state index contributed by atoms with van der Waals surface area (Å²) in [7, 11) is 0. The van der Waals surface area contributed by atoms with Gasteiger partial charge in [-0.05, 0) is 49.6 Å². The fourth-order valence-corrected chi connectivity index (χ4v) is 5.68. The van der Waals surface area contributed by atoms with Crippen LogP contribution >= 0.6 is 11.8 Å². The van der Waals surface area contributed by atoms with E-state index in [0.717, 1.165) is 46.9 Å². The monoisotopic (exact) mass is 506 g/mol. The zero-order valence-electron chi connectivity index (χ0n) is 19.6. The fourth-order valence-electron chi connectivity index (χ4n) is 5.27. The first kappa shape index (κ1) is 24.3. The summed E-state index contributed by atoms with van der Waals surface area (Å²) in [5.41, 5.74) is -0.0100. The number of nitrogens with one attached hydrogen (secondary N) is 2. The molecule has 3 aromatic rings. The van der Waals surface area contributed by atoms with E-state index in [-0.39, 0.29) is 17.5 Å². The van der Waals surface area contributed by atoms with Crippen LogP contribution in [0.4, 0.5) is 19.0 Å². The molecule has 1 aliphatic carbocycles. The molecule has 188 valence electrons. The normalized spacial score (nSPS) is 24.2. The minimum absolute atomic E-state index is 0.111. The number of hydrogen-bond donors (Lipinski definition) is 3. The highest BCUT2D eigenvalue weighted by Gasteiger charge is 2.55. The first-order valence-corrected chi connectivity index (χ1v) is 13.1. The van der Waals surface area contributed by atoms with Crippen LogP contribution in [0.2, 0.25) is 0 Å². The van der Waals surface area contributed by atoms with Crippen molar-refractivity contribution in [2.24, 2.45) is 0 Å². The van der Waals surface area contributed by atoms with Crippen molar-refractivity contribution in [3.63, 3.8) is 0 Å². The minimum Gasteiger partial charge on any atom is -0.375 e. The SMILES string of the molecule is CSc1ccc(C(O)(CNC2CCC(c3nnn4cnc5c(c34)C(C)CN5)CC2)C(F)(F)F)cc1. The average Bonchev–Trinajstić information content (AvgIpc) is 3.45. The summed E-state index contributed by atoms with van der Waals surface area (Å²) >= 11 is 1.44. The topological polar surface area (TPSA) is 87.4 Å². The van der Waals surface area contributed by atoms with E-state index in [2.05, 4.69) is 32.9 Å². The Kier molecular flexibility index (Phi) is 6.43. The lowest BCUT2D eigenvalue weighted by Crippen LogP contribution is -2.52. The second-order valence-electron chi connectivity index (χ2n) is 9.57. The van der Waals surface area contributed by atoms with E-state index in [4.69, 9.17) is 0 Å². The van der Waals surface area contributed by atoms with Gasteiger partial charge in [-0.2, -0.15) is 13.2 Å². The van der Waals surface area contributed by atoms with E-state index in [1.807, 2.05) is 6.26 Å². The van der Waals surface area contributed by atoms with Crippen molar-refractivity contribution in [3.8, 4) is 0 Å². The molecule has 0 amide bonds. The molecule has 0 spiro atoms. The van der Waals surface area contributed by atoms with Crippen molar-refractivity contribution < 1.29 is 18.3 Å². The Bertz CT molecular complexity index is 1190. The summed E-state index contributed by atoms with van der Waals surface area (Å²) in [4.78, 5) is 5.28. The molecule has 3 N–H and O–H groups in total. The summed E-state index contributed by atoms with van der Waals surface area (Å²) in [6.45, 7) is 2.39. The molecular weight excluding hydrogens is 477 g/mol. The van der Waals surface area contributed by atoms with Gasteiger partial charge >= 0.3 is 6.18 Å². The number of hydrogen-bond acceptors (Lipinski definition) is 7. The molecule has 7 nitrogen and oxygen atoms in total. The molecule has 5 rings (SSSR count). The van der Waals surface area contributed by atoms with Gasteiger partial charge in [0.05, 0.1) is 11.2 Å². The number of rotatable bonds is 6. The molecule has 2 unspecified atom stereocenters. The third kappa shape index (κ3) is 4.38. The van der Waals surface area contributed by atoms with Crippen LogP contribution in [0.15, 0.2) is 35.5 Å². The highest BCUT2D eigenvalue weighted by atomic mass is 32.2. The third-order valence-electron chi connectivity index (χ3n) is 7.39. The molecule has 1 fully saturated rings. The molecular formula is C24H29F3N6OS. The number of alkyl halides is 3. The van der Waals surface area contributed by atoms with Crippen LogP contribution in [0.5, 0.6) is 0 Å². The van der Waals surface area contributed by atoms with Crippen LogP contribution in [0.3, 0.4) is 0 Å². The third-order valence-corrected chi connectivity index (χ3v) is 8.14. The standard InChI is InChI=1S/C24H29F3N6OS/c1-14-11-28-22-19(14)21-20(31-32-33(21)13-30-22)15-3-7-17(8-4-15)29-12-23(34,24(25,26)27)16-5-9-18(35-2)10-6-16/h5-6,9-10,13-15,17,28-29,34H,3-4,7-8,11-12H2,1-2H3. The second-order valence-corrected chi connectivity index (χ2v) is 10.5. The first-order valence-electron chi connectivity index (χ1n) is 11.9. The molecule has 3 heterocycles. The van der Waals surface area contributed by atoms with Gasteiger partial charge in [-0.1, -0.05) is 24.3 Å². The van der Waals surface area contributed by atoms with Crippen LogP contribution in [-0.4, -0.2) is 56.5 Å². The minimum atomic E-state index is -4.79. The van der Waals surface area contributed by atoms with E-state index in [1.54, 1.807) is 23.0 Å². The summed E-state index contributed by atoms with van der Waals surface area (Å²) in [5, 5.41) is 25.8. The summed E-state index contributed by atoms with van der Waals surface area (Å²) in [6.07, 6.45) is 1.71. The highest BCUT2D eigenvalue weighted by molar-refractivity contribution is 7.98. The average molecular weight is 507 g/mol. The Morgan fingerprint density at radius 1 is 1.17 bits per heavy atom. The second kappa shape index (κ2) is 9.25. The van der Waals surface area contributed by atoms with Gasteiger partial charge in [0.1, 0.15) is 12.1 Å². The van der Waals surface area contributed by atoms with Crippen LogP contribution < -0.4 is 10.6 Å². The maximum Gasteiger partial charge on any atom is 0.422 e. The van der Waals surface area contributed by atoms with E-state index in [1.165, 1.54) is 23.9 Å². The Morgan fingerprint density at radius 3 is 2.54 bits per heavy atom. The van der Waals surface area contributed by atoms with E-state index in [9.17, 15) is 18.3 Å². The zero-order chi connectivity index (χ0) is 24.8. The zero-order valence-corrected chi connectivity index (χ0v) is 20.5. The predicted octanol–water partition coefficient (Wildman–Crippen LogP) is 4.44. The molecule has 0 bridgehead atoms. The summed E-state index contributed by atoms with van der Waals surface area (Å²) in [6, 6.07) is 5.82. The number of aromatic nitrogens is 4. The van der Waals surface area contributed by atoms with Gasteiger partial charge in [0, 0.05) is 41.4 Å². The quantitative estimate of drug-likeness (QED) is 0.426. The lowest BCUT2D eigenvalue weighted by atomic mass is 9.82. The van der Waals surface area contributed by atoms with Gasteiger partial charge in [-0.15, -0.1) is 16.9 Å². The van der Waals surface area contributed by atoms with Gasteiger partial charge in [0.25, 0.3) is 0 Å². The molecule has 35 heavy (non-hydrogen) atoms. The van der Waals surface area contributed by atoms with Gasteiger partial charge < -0.3 is 15.7 Å². The fraction of sp³-hybridized carbons (Fsp3) is 0.542.